The van der Waals surface area contributed by atoms with Crippen molar-refractivity contribution in [3.63, 3.8) is 0 Å². The fraction of sp³-hybridized carbons (Fsp3) is 0.125. The highest BCUT2D eigenvalue weighted by molar-refractivity contribution is 5.94. The van der Waals surface area contributed by atoms with E-state index in [4.69, 9.17) is 10.6 Å². The Kier molecular flexibility index (Phi) is 4.76. The first-order chi connectivity index (χ1) is 6.19. The Balaban J connectivity index is 0.00000169. The average molecular weight is 219 g/mol. The monoisotopic (exact) mass is 218 g/mol. The van der Waals surface area contributed by atoms with Crippen molar-refractivity contribution in [2.45, 2.75) is 0 Å². The van der Waals surface area contributed by atoms with Gasteiger partial charge in [0.15, 0.2) is 11.5 Å². The Morgan fingerprint density at radius 3 is 2.64 bits per heavy atom. The summed E-state index contributed by atoms with van der Waals surface area (Å²) in [6.45, 7) is 0. The number of carbonyl (C=O) groups excluding carboxylic acids is 1. The Morgan fingerprint density at radius 2 is 2.21 bits per heavy atom. The van der Waals surface area contributed by atoms with Gasteiger partial charge in [-0.15, -0.1) is 12.4 Å². The van der Waals surface area contributed by atoms with Gasteiger partial charge in [-0.05, 0) is 18.2 Å². The van der Waals surface area contributed by atoms with Gasteiger partial charge < -0.3 is 9.84 Å². The van der Waals surface area contributed by atoms with Gasteiger partial charge in [0.2, 0.25) is 0 Å². The van der Waals surface area contributed by atoms with E-state index in [1.54, 1.807) is 0 Å². The van der Waals surface area contributed by atoms with Crippen LogP contribution in [-0.2, 0) is 0 Å². The Bertz CT molecular complexity index is 330. The normalized spacial score (nSPS) is 8.71. The number of nitrogens with one attached hydrogen (secondary N) is 1. The van der Waals surface area contributed by atoms with Crippen molar-refractivity contribution < 1.29 is 14.6 Å². The van der Waals surface area contributed by atoms with Gasteiger partial charge in [0, 0.05) is 5.56 Å². The maximum absolute atomic E-state index is 11.0. The number of phenols is 1. The largest absolute Gasteiger partial charge is 0.504 e. The van der Waals surface area contributed by atoms with Crippen LogP contribution in [0.2, 0.25) is 0 Å². The van der Waals surface area contributed by atoms with Crippen molar-refractivity contribution in [1.82, 2.24) is 5.43 Å². The number of rotatable bonds is 2. The number of methoxy groups -OCH3 is 1. The van der Waals surface area contributed by atoms with Crippen molar-refractivity contribution in [2.24, 2.45) is 5.84 Å². The number of ether oxygens (including phenoxy) is 1. The lowest BCUT2D eigenvalue weighted by atomic mass is 10.2. The molecule has 0 spiro atoms. The predicted molar refractivity (Wildman–Crippen MR) is 53.6 cm³/mol. The number of halogens is 1. The minimum Gasteiger partial charge on any atom is -0.504 e. The Labute approximate surface area is 87.2 Å². The van der Waals surface area contributed by atoms with E-state index >= 15 is 0 Å². The molecule has 1 aromatic rings. The number of nitrogen functional groups attached to an aromatic ring is 1. The lowest BCUT2D eigenvalue weighted by Gasteiger charge is -2.04. The fourth-order valence-electron chi connectivity index (χ4n) is 0.915. The van der Waals surface area contributed by atoms with E-state index in [1.165, 1.54) is 25.3 Å². The molecule has 0 aliphatic rings. The van der Waals surface area contributed by atoms with Gasteiger partial charge in [-0.3, -0.25) is 10.2 Å². The molecule has 5 nitrogen and oxygen atoms in total. The van der Waals surface area contributed by atoms with Crippen molar-refractivity contribution in [1.29, 1.82) is 0 Å². The Morgan fingerprint density at radius 1 is 1.57 bits per heavy atom. The van der Waals surface area contributed by atoms with Crippen LogP contribution in [0.15, 0.2) is 18.2 Å². The van der Waals surface area contributed by atoms with Gasteiger partial charge >= 0.3 is 0 Å². The number of hydrazine groups is 1. The van der Waals surface area contributed by atoms with Crippen LogP contribution >= 0.6 is 12.4 Å². The maximum atomic E-state index is 11.0. The summed E-state index contributed by atoms with van der Waals surface area (Å²) in [6, 6.07) is 4.27. The molecule has 0 aliphatic heterocycles. The van der Waals surface area contributed by atoms with Gasteiger partial charge in [0.25, 0.3) is 5.91 Å². The van der Waals surface area contributed by atoms with Gasteiger partial charge in [-0.25, -0.2) is 5.84 Å². The zero-order valence-corrected chi connectivity index (χ0v) is 8.30. The summed E-state index contributed by atoms with van der Waals surface area (Å²) in [5.74, 6) is 4.67. The van der Waals surface area contributed by atoms with Crippen LogP contribution in [0.4, 0.5) is 0 Å². The predicted octanol–water partition coefficient (Wildman–Crippen LogP) is 0.426. The first-order valence-electron chi connectivity index (χ1n) is 3.57. The van der Waals surface area contributed by atoms with E-state index < -0.39 is 5.91 Å². The van der Waals surface area contributed by atoms with Gasteiger partial charge in [-0.2, -0.15) is 0 Å². The first-order valence-corrected chi connectivity index (χ1v) is 3.57. The van der Waals surface area contributed by atoms with Crippen molar-refractivity contribution in [3.8, 4) is 11.5 Å². The van der Waals surface area contributed by atoms with Crippen LogP contribution in [0.1, 0.15) is 10.4 Å². The molecule has 0 atom stereocenters. The summed E-state index contributed by atoms with van der Waals surface area (Å²) in [5, 5.41) is 9.29. The highest BCUT2D eigenvalue weighted by atomic mass is 35.5. The lowest BCUT2D eigenvalue weighted by molar-refractivity contribution is 0.0953. The van der Waals surface area contributed by atoms with E-state index in [2.05, 4.69) is 0 Å². The van der Waals surface area contributed by atoms with Crippen molar-refractivity contribution in [3.05, 3.63) is 23.8 Å². The van der Waals surface area contributed by atoms with Gasteiger partial charge in [0.1, 0.15) is 0 Å². The van der Waals surface area contributed by atoms with E-state index in [0.29, 0.717) is 5.75 Å². The van der Waals surface area contributed by atoms with E-state index in [0.717, 1.165) is 0 Å². The van der Waals surface area contributed by atoms with Crippen molar-refractivity contribution >= 4 is 18.3 Å². The van der Waals surface area contributed by atoms with E-state index in [-0.39, 0.29) is 23.7 Å². The number of hydrogen-bond acceptors (Lipinski definition) is 4. The molecule has 0 aromatic heterocycles. The summed E-state index contributed by atoms with van der Waals surface area (Å²) in [4.78, 5) is 11.0. The van der Waals surface area contributed by atoms with Crippen LogP contribution < -0.4 is 16.0 Å². The molecular weight excluding hydrogens is 208 g/mol. The quantitative estimate of drug-likeness (QED) is 0.382. The maximum Gasteiger partial charge on any atom is 0.265 e. The number of amides is 1. The minimum absolute atomic E-state index is 0. The molecule has 0 unspecified atom stereocenters. The molecule has 1 rings (SSSR count). The molecule has 0 aliphatic carbocycles. The number of aromatic hydroxyl groups is 1. The van der Waals surface area contributed by atoms with Crippen LogP contribution in [-0.4, -0.2) is 18.1 Å². The highest BCUT2D eigenvalue weighted by Gasteiger charge is 2.07. The van der Waals surface area contributed by atoms with Crippen LogP contribution in [0, 0.1) is 0 Å². The first kappa shape index (κ1) is 12.5. The average Bonchev–Trinajstić information content (AvgIpc) is 2.16. The second-order valence-electron chi connectivity index (χ2n) is 2.36. The second-order valence-corrected chi connectivity index (χ2v) is 2.36. The summed E-state index contributed by atoms with van der Waals surface area (Å²) < 4.78 is 4.80. The third-order valence-corrected chi connectivity index (χ3v) is 1.57. The molecule has 1 aromatic carbocycles. The number of carbonyl (C=O) groups is 1. The number of phenolic OH excluding ortho intramolecular Hbond substituents is 1. The zero-order chi connectivity index (χ0) is 9.84. The number of nitrogens with two attached hydrogens (primary N) is 1. The minimum atomic E-state index is -0.460. The molecule has 0 saturated carbocycles. The summed E-state index contributed by atoms with van der Waals surface area (Å²) in [7, 11) is 1.43. The highest BCUT2D eigenvalue weighted by Crippen LogP contribution is 2.25. The molecule has 4 N–H and O–H groups in total. The summed E-state index contributed by atoms with van der Waals surface area (Å²) in [5.41, 5.74) is 2.23. The number of benzene rings is 1. The van der Waals surface area contributed by atoms with Gasteiger partial charge in [0.05, 0.1) is 7.11 Å². The van der Waals surface area contributed by atoms with E-state index in [9.17, 15) is 9.90 Å². The standard InChI is InChI=1S/C8H10N2O3.ClH/c1-13-7-3-2-5(4-6(7)11)8(12)10-9;/h2-4,11H,9H2,1H3,(H,10,12);1H. The van der Waals surface area contributed by atoms with Crippen LogP contribution in [0.25, 0.3) is 0 Å². The molecule has 1 amide bonds. The van der Waals surface area contributed by atoms with E-state index in [1.807, 2.05) is 5.43 Å². The number of hydrogen-bond donors (Lipinski definition) is 3. The van der Waals surface area contributed by atoms with Crippen LogP contribution in [0.5, 0.6) is 11.5 Å². The molecule has 0 saturated heterocycles. The third kappa shape index (κ3) is 2.51. The lowest BCUT2D eigenvalue weighted by Crippen LogP contribution is -2.29. The topological polar surface area (TPSA) is 84.6 Å². The Hall–Kier alpha value is -1.46. The summed E-state index contributed by atoms with van der Waals surface area (Å²) in [6.07, 6.45) is 0. The molecular formula is C8H11ClN2O3. The zero-order valence-electron chi connectivity index (χ0n) is 7.48. The molecule has 0 bridgehead atoms. The van der Waals surface area contributed by atoms with Crippen molar-refractivity contribution in [2.75, 3.05) is 7.11 Å². The molecule has 0 fully saturated rings. The molecule has 6 heteroatoms. The molecule has 14 heavy (non-hydrogen) atoms. The molecule has 78 valence electrons. The molecule has 0 radical (unpaired) electrons. The van der Waals surface area contributed by atoms with Gasteiger partial charge in [-0.1, -0.05) is 0 Å². The summed E-state index contributed by atoms with van der Waals surface area (Å²) >= 11 is 0. The van der Waals surface area contributed by atoms with Crippen LogP contribution in [0.3, 0.4) is 0 Å². The third-order valence-electron chi connectivity index (χ3n) is 1.57. The smallest absolute Gasteiger partial charge is 0.265 e. The SMILES string of the molecule is COc1ccc(C(=O)NN)cc1O.Cl. The molecule has 0 heterocycles. The fourth-order valence-corrected chi connectivity index (χ4v) is 0.915. The second kappa shape index (κ2) is 5.31.